The number of hydrogen-bond donors (Lipinski definition) is 2. The number of ketones is 2. The molecule has 0 aliphatic rings. The average molecular weight is 1020 g/mol. The van der Waals surface area contributed by atoms with Crippen molar-refractivity contribution in [2.45, 2.75) is 74.5 Å². The van der Waals surface area contributed by atoms with Gasteiger partial charge < -0.3 is 3.87 Å². The molecule has 0 aliphatic carbocycles. The third-order valence-electron chi connectivity index (χ3n) is 8.06. The van der Waals surface area contributed by atoms with E-state index < -0.39 is 73.3 Å². The van der Waals surface area contributed by atoms with Gasteiger partial charge in [-0.3, -0.25) is 9.59 Å². The smallest absolute Gasteiger partial charge is 0.309 e. The van der Waals surface area contributed by atoms with Gasteiger partial charge in [0.2, 0.25) is 28.4 Å². The molecule has 11 nitrogen and oxygen atoms in total. The summed E-state index contributed by atoms with van der Waals surface area (Å²) in [5, 5.41) is 0. The highest BCUT2D eigenvalue weighted by Crippen LogP contribution is 2.32. The van der Waals surface area contributed by atoms with Crippen molar-refractivity contribution in [3.63, 3.8) is 0 Å². The molecule has 64 heavy (non-hydrogen) atoms. The van der Waals surface area contributed by atoms with Crippen LogP contribution in [-0.2, 0) is 59.2 Å². The highest BCUT2D eigenvalue weighted by Gasteiger charge is 2.49. The molecule has 25 heteroatoms. The van der Waals surface area contributed by atoms with E-state index in [1.165, 1.54) is 101 Å². The van der Waals surface area contributed by atoms with Crippen LogP contribution in [0.2, 0.25) is 19.6 Å². The summed E-state index contributed by atoms with van der Waals surface area (Å²) in [6.07, 6.45) is -8.82. The predicted octanol–water partition coefficient (Wildman–Crippen LogP) is 9.36. The second-order valence-corrected chi connectivity index (χ2v) is 24.3. The number of nitrogens with one attached hydrogen (secondary N) is 2. The number of halogens is 10. The summed E-state index contributed by atoms with van der Waals surface area (Å²) in [6.45, 7) is 5.35. The lowest BCUT2D eigenvalue weighted by Crippen LogP contribution is -2.36. The number of Topliss-reactive ketones (excluding diaryl/α,β-unsaturated/α-hetero) is 2. The molecule has 0 amide bonds. The van der Waals surface area contributed by atoms with Crippen LogP contribution >= 0.6 is 11.6 Å². The van der Waals surface area contributed by atoms with Crippen molar-refractivity contribution in [2.75, 3.05) is 20.0 Å². The molecular formula is C39H44ClF9N2O9S3Si. The molecule has 0 saturated heterocycles. The largest absolute Gasteiger partial charge is 0.522 e. The van der Waals surface area contributed by atoms with Crippen molar-refractivity contribution < 1.29 is 78.2 Å². The van der Waals surface area contributed by atoms with Crippen molar-refractivity contribution >= 4 is 61.6 Å². The Labute approximate surface area is 371 Å². The van der Waals surface area contributed by atoms with E-state index in [9.17, 15) is 74.4 Å². The monoisotopic (exact) mass is 1010 g/mol. The number of hydrogen-bond acceptors (Lipinski definition) is 9. The molecule has 0 unspecified atom stereocenters. The Kier molecular flexibility index (Phi) is 20.2. The van der Waals surface area contributed by atoms with Gasteiger partial charge in [0.15, 0.2) is 11.6 Å². The first kappa shape index (κ1) is 57.8. The fourth-order valence-corrected chi connectivity index (χ4v) is 9.85. The maximum Gasteiger partial charge on any atom is 0.522 e. The van der Waals surface area contributed by atoms with E-state index in [1.54, 1.807) is 0 Å². The third-order valence-corrected chi connectivity index (χ3v) is 14.6. The zero-order valence-electron chi connectivity index (χ0n) is 33.9. The Hall–Kier alpha value is -4.17. The molecule has 0 heterocycles. The van der Waals surface area contributed by atoms with Crippen LogP contribution in [0.5, 0.6) is 0 Å². The number of alkyl halides is 10. The van der Waals surface area contributed by atoms with Crippen LogP contribution in [-0.4, -0.2) is 70.6 Å². The van der Waals surface area contributed by atoms with Crippen molar-refractivity contribution in [1.82, 2.24) is 9.44 Å². The minimum absolute atomic E-state index is 0. The van der Waals surface area contributed by atoms with Gasteiger partial charge in [0.25, 0.3) is 0 Å². The molecular weight excluding hydrogens is 971 g/mol. The summed E-state index contributed by atoms with van der Waals surface area (Å²) in [6, 6.07) is 17.4. The minimum atomic E-state index is -5.39. The third kappa shape index (κ3) is 17.0. The molecule has 0 aliphatic heterocycles. The topological polar surface area (TPSA) is 170 Å². The molecule has 356 valence electrons. The molecule has 0 spiro atoms. The van der Waals surface area contributed by atoms with Crippen LogP contribution in [0.4, 0.5) is 39.5 Å². The Balaban J connectivity index is 0.000000508. The summed E-state index contributed by atoms with van der Waals surface area (Å²) >= 11 is 5.58. The highest BCUT2D eigenvalue weighted by atomic mass is 35.5. The van der Waals surface area contributed by atoms with E-state index in [2.05, 4.69) is 13.3 Å². The van der Waals surface area contributed by atoms with Crippen LogP contribution in [0.25, 0.3) is 0 Å². The lowest BCUT2D eigenvalue weighted by atomic mass is 9.96. The van der Waals surface area contributed by atoms with Gasteiger partial charge in [-0.1, -0.05) is 56.0 Å². The van der Waals surface area contributed by atoms with E-state index in [0.717, 1.165) is 24.3 Å². The lowest BCUT2D eigenvalue weighted by Gasteiger charge is -2.17. The first-order valence-electron chi connectivity index (χ1n) is 17.7. The standard InChI is InChI=1S/C17H15ClF3NO3S.C17H16F3NO3S.C4H9F3O3SSi.CH4/c1-22-26(24,25)14-6-5-12(15(9-14)16(23)10-18)7-11-3-2-4-13(8-11)17(19,20)21;1-11(22)16-10-15(25(23,24)21-2)7-6-13(16)8-12-4-3-5-14(9-12)17(18,19)20;1-12(2,3)10-11(8,9)4(5,6)7;/h2-6,8-9,22H,7,10H2,1H3;3-7,9-10,21H,8H2,1-2H3;1-3H3;1H4. The fraction of sp³-hybridized carbons (Fsp3) is 0.333. The van der Waals surface area contributed by atoms with Gasteiger partial charge in [-0.15, -0.1) is 11.6 Å². The molecule has 0 radical (unpaired) electrons. The van der Waals surface area contributed by atoms with Crippen LogP contribution in [0, 0.1) is 0 Å². The van der Waals surface area contributed by atoms with E-state index in [4.69, 9.17) is 11.6 Å². The summed E-state index contributed by atoms with van der Waals surface area (Å²) in [7, 11) is -13.1. The first-order chi connectivity index (χ1) is 28.6. The SMILES string of the molecule is C.CNS(=O)(=O)c1ccc(Cc2cccc(C(F)(F)F)c2)c(C(=O)CCl)c1.CNS(=O)(=O)c1ccc(Cc2cccc(C(F)(F)F)c2)c(C(C)=O)c1.C[Si](C)(C)OS(=O)(=O)C(F)(F)F. The van der Waals surface area contributed by atoms with Gasteiger partial charge in [0.05, 0.1) is 26.8 Å². The molecule has 0 atom stereocenters. The van der Waals surface area contributed by atoms with Gasteiger partial charge in [0, 0.05) is 11.1 Å². The molecule has 4 aromatic carbocycles. The second-order valence-electron chi connectivity index (χ2n) is 14.0. The van der Waals surface area contributed by atoms with Gasteiger partial charge in [0.1, 0.15) is 0 Å². The molecule has 4 rings (SSSR count). The first-order valence-corrected chi connectivity index (χ1v) is 26.0. The molecule has 0 saturated carbocycles. The number of rotatable bonds is 13. The van der Waals surface area contributed by atoms with Crippen LogP contribution in [0.3, 0.4) is 0 Å². The van der Waals surface area contributed by atoms with E-state index >= 15 is 0 Å². The number of carbonyl (C=O) groups excluding carboxylic acids is 2. The van der Waals surface area contributed by atoms with Gasteiger partial charge >= 0.3 is 28.0 Å². The molecule has 0 bridgehead atoms. The van der Waals surface area contributed by atoms with Crippen molar-refractivity contribution in [3.8, 4) is 0 Å². The highest BCUT2D eigenvalue weighted by molar-refractivity contribution is 7.89. The predicted molar refractivity (Wildman–Crippen MR) is 225 cm³/mol. The second kappa shape index (κ2) is 22.3. The fourth-order valence-electron chi connectivity index (χ4n) is 5.18. The Bertz CT molecular complexity index is 2620. The molecule has 0 aromatic heterocycles. The number of sulfonamides is 2. The summed E-state index contributed by atoms with van der Waals surface area (Å²) in [5.41, 5.74) is -5.09. The van der Waals surface area contributed by atoms with E-state index in [1.807, 2.05) is 0 Å². The van der Waals surface area contributed by atoms with Gasteiger partial charge in [-0.2, -0.15) is 47.9 Å². The normalized spacial score (nSPS) is 12.5. The lowest BCUT2D eigenvalue weighted by molar-refractivity contribution is -0.138. The quantitative estimate of drug-likeness (QED) is 0.0436. The summed E-state index contributed by atoms with van der Waals surface area (Å²) < 4.78 is 188. The molecule has 0 fully saturated rings. The maximum absolute atomic E-state index is 12.8. The van der Waals surface area contributed by atoms with Crippen LogP contribution in [0.15, 0.2) is 94.7 Å². The Morgan fingerprint density at radius 1 is 0.625 bits per heavy atom. The zero-order valence-corrected chi connectivity index (χ0v) is 38.1. The zero-order chi connectivity index (χ0) is 48.6. The molecule has 2 N–H and O–H groups in total. The van der Waals surface area contributed by atoms with Gasteiger partial charge in [-0.05, 0) is 112 Å². The van der Waals surface area contributed by atoms with Crippen LogP contribution in [0.1, 0.15) is 68.4 Å². The average Bonchev–Trinajstić information content (AvgIpc) is 3.16. The molecule has 4 aromatic rings. The number of benzene rings is 4. The van der Waals surface area contributed by atoms with Gasteiger partial charge in [-0.25, -0.2) is 26.3 Å². The van der Waals surface area contributed by atoms with E-state index in [0.29, 0.717) is 22.3 Å². The summed E-state index contributed by atoms with van der Waals surface area (Å²) in [4.78, 5) is 23.7. The van der Waals surface area contributed by atoms with Crippen molar-refractivity contribution in [2.24, 2.45) is 0 Å². The Morgan fingerprint density at radius 3 is 1.30 bits per heavy atom. The maximum atomic E-state index is 12.8. The van der Waals surface area contributed by atoms with Crippen molar-refractivity contribution in [1.29, 1.82) is 0 Å². The summed E-state index contributed by atoms with van der Waals surface area (Å²) in [5.74, 6) is -1.25. The van der Waals surface area contributed by atoms with E-state index in [-0.39, 0.29) is 52.8 Å². The Morgan fingerprint density at radius 2 is 1.00 bits per heavy atom. The van der Waals surface area contributed by atoms with Crippen LogP contribution < -0.4 is 9.44 Å². The minimum Gasteiger partial charge on any atom is -0.309 e. The number of carbonyl (C=O) groups is 2. The van der Waals surface area contributed by atoms with Crippen molar-refractivity contribution in [3.05, 3.63) is 129 Å².